The van der Waals surface area contributed by atoms with Gasteiger partial charge in [-0.15, -0.1) is 17.0 Å². The van der Waals surface area contributed by atoms with Crippen molar-refractivity contribution < 1.29 is 16.4 Å². The molecule has 1 aliphatic rings. The molecule has 1 heterocycles. The van der Waals surface area contributed by atoms with E-state index in [2.05, 4.69) is 4.74 Å². The van der Waals surface area contributed by atoms with Crippen LogP contribution in [0.25, 0.3) is 0 Å². The summed E-state index contributed by atoms with van der Waals surface area (Å²) in [6, 6.07) is 0. The van der Waals surface area contributed by atoms with Gasteiger partial charge in [-0.3, -0.25) is 0 Å². The molecule has 0 aromatic carbocycles. The Kier molecular flexibility index (Phi) is 2.39. The lowest BCUT2D eigenvalue weighted by Crippen LogP contribution is -2.28. The topological polar surface area (TPSA) is 29.5 Å². The van der Waals surface area contributed by atoms with Crippen LogP contribution < -0.4 is 0 Å². The number of halogens is 1. The maximum atomic E-state index is 11.3. The molecule has 0 fully saturated rings. The number of hydrogen-bond acceptors (Lipinski definition) is 3. The van der Waals surface area contributed by atoms with Gasteiger partial charge in [0.15, 0.2) is 0 Å². The summed E-state index contributed by atoms with van der Waals surface area (Å²) >= 11 is 0. The van der Waals surface area contributed by atoms with Crippen LogP contribution in [-0.2, 0) is 9.53 Å². The number of ether oxygens (including phenoxy) is 1. The monoisotopic (exact) mass is 240 g/mol. The van der Waals surface area contributed by atoms with Crippen LogP contribution in [0, 0.1) is 0 Å². The van der Waals surface area contributed by atoms with Gasteiger partial charge in [-0.25, -0.2) is 4.79 Å². The lowest BCUT2D eigenvalue weighted by Gasteiger charge is -2.21. The third-order valence-corrected chi connectivity index (χ3v) is 1.34. The molecule has 0 N–H and O–H groups in total. The number of likely N-dealkylation sites (N-methyl/N-ethyl adjacent to an activating group) is 1. The van der Waals surface area contributed by atoms with Crippen LogP contribution in [0.1, 0.15) is 13.3 Å². The summed E-state index contributed by atoms with van der Waals surface area (Å²) in [5.41, 5.74) is -0.0258. The quantitative estimate of drug-likeness (QED) is 0.641. The molecule has 1 aliphatic heterocycles. The Balaban J connectivity index is 0.00000256. The fourth-order valence-corrected chi connectivity index (χ4v) is 0.802. The van der Waals surface area contributed by atoms with E-state index in [-0.39, 0.29) is 29.0 Å². The van der Waals surface area contributed by atoms with Crippen LogP contribution >= 0.6 is 17.0 Å². The summed E-state index contributed by atoms with van der Waals surface area (Å²) in [4.78, 5) is 12.0. The fourth-order valence-electron chi connectivity index (χ4n) is 0.802. The van der Waals surface area contributed by atoms with Gasteiger partial charge >= 0.3 is 5.97 Å². The normalized spacial score (nSPS) is 37.1. The zero-order valence-corrected chi connectivity index (χ0v) is 8.32. The number of carbonyl (C=O) groups excluding carboxylic acids is 1. The van der Waals surface area contributed by atoms with Gasteiger partial charge in [-0.1, -0.05) is 6.08 Å². The lowest BCUT2D eigenvalue weighted by atomic mass is 10.1. The van der Waals surface area contributed by atoms with Gasteiger partial charge in [0, 0.05) is 25.5 Å². The van der Waals surface area contributed by atoms with E-state index in [1.807, 2.05) is 0 Å². The molecule has 0 aliphatic carbocycles. The standard InChI is InChI=1S/C8H13NO2.BrH/c1-9-5-3-4-7(6-9)8(10)11-2;/h4H,3,5-6H2,1-2H3;1H/i1D3,5D,6D;. The van der Waals surface area contributed by atoms with Gasteiger partial charge < -0.3 is 9.64 Å². The van der Waals surface area contributed by atoms with Crippen LogP contribution in [0.15, 0.2) is 11.6 Å². The second-order valence-corrected chi connectivity index (χ2v) is 2.11. The highest BCUT2D eigenvalue weighted by Crippen LogP contribution is 2.08. The van der Waals surface area contributed by atoms with E-state index in [0.29, 0.717) is 4.90 Å². The van der Waals surface area contributed by atoms with Crippen LogP contribution in [0.3, 0.4) is 0 Å². The molecule has 0 aromatic rings. The number of nitrogens with zero attached hydrogens (tertiary/aromatic N) is 1. The average molecular weight is 241 g/mol. The van der Waals surface area contributed by atoms with E-state index in [1.165, 1.54) is 13.2 Å². The molecule has 2 unspecified atom stereocenters. The number of rotatable bonds is 1. The van der Waals surface area contributed by atoms with Crippen molar-refractivity contribution in [3.8, 4) is 0 Å². The largest absolute Gasteiger partial charge is 0.466 e. The highest BCUT2D eigenvalue weighted by Gasteiger charge is 2.14. The molecule has 0 saturated heterocycles. The summed E-state index contributed by atoms with van der Waals surface area (Å²) in [5.74, 6) is -0.721. The SMILES string of the molecule is Br.[2H]C1CC=C(C(=O)OC)C([2H])N1C([2H])([2H])[2H]. The molecular weight excluding hydrogens is 222 g/mol. The molecule has 0 radical (unpaired) electrons. The lowest BCUT2D eigenvalue weighted by molar-refractivity contribution is -0.136. The highest BCUT2D eigenvalue weighted by atomic mass is 79.9. The first-order valence-electron chi connectivity index (χ1n) is 5.86. The molecule has 0 amide bonds. The third-order valence-electron chi connectivity index (χ3n) is 1.34. The van der Waals surface area contributed by atoms with Gasteiger partial charge in [-0.2, -0.15) is 0 Å². The van der Waals surface area contributed by atoms with Crippen molar-refractivity contribution in [1.29, 1.82) is 0 Å². The van der Waals surface area contributed by atoms with Gasteiger partial charge in [0.1, 0.15) is 0 Å². The predicted molar refractivity (Wildman–Crippen MR) is 52.5 cm³/mol. The van der Waals surface area contributed by atoms with E-state index < -0.39 is 26.0 Å². The zero-order chi connectivity index (χ0) is 12.5. The molecule has 0 aromatic heterocycles. The second kappa shape index (κ2) is 5.32. The van der Waals surface area contributed by atoms with Gasteiger partial charge in [0.2, 0.25) is 0 Å². The Bertz CT molecular complexity index is 320. The molecule has 0 spiro atoms. The molecule has 70 valence electrons. The smallest absolute Gasteiger partial charge is 0.334 e. The van der Waals surface area contributed by atoms with E-state index in [9.17, 15) is 4.79 Å². The summed E-state index contributed by atoms with van der Waals surface area (Å²) in [5, 5.41) is 0. The molecule has 4 heteroatoms. The summed E-state index contributed by atoms with van der Waals surface area (Å²) < 4.78 is 41.3. The van der Waals surface area contributed by atoms with Crippen molar-refractivity contribution >= 4 is 23.0 Å². The summed E-state index contributed by atoms with van der Waals surface area (Å²) in [6.07, 6.45) is 1.49. The Hall–Kier alpha value is -0.350. The first-order valence-corrected chi connectivity index (χ1v) is 3.20. The Morgan fingerprint density at radius 1 is 1.92 bits per heavy atom. The van der Waals surface area contributed by atoms with Crippen molar-refractivity contribution in [2.75, 3.05) is 27.1 Å². The molecule has 0 bridgehead atoms. The number of esters is 1. The minimum absolute atomic E-state index is 0. The number of hydrogen-bond donors (Lipinski definition) is 0. The van der Waals surface area contributed by atoms with Crippen LogP contribution in [0.2, 0.25) is 0 Å². The molecule has 1 rings (SSSR count). The first-order chi connectivity index (χ1) is 7.29. The first kappa shape index (κ1) is 5.40. The van der Waals surface area contributed by atoms with E-state index in [4.69, 9.17) is 6.85 Å². The van der Waals surface area contributed by atoms with Crippen molar-refractivity contribution in [2.45, 2.75) is 6.42 Å². The van der Waals surface area contributed by atoms with Crippen molar-refractivity contribution in [3.63, 3.8) is 0 Å². The van der Waals surface area contributed by atoms with Crippen molar-refractivity contribution in [3.05, 3.63) is 11.6 Å². The van der Waals surface area contributed by atoms with E-state index in [0.717, 1.165) is 0 Å². The highest BCUT2D eigenvalue weighted by molar-refractivity contribution is 8.93. The second-order valence-electron chi connectivity index (χ2n) is 2.11. The molecule has 12 heavy (non-hydrogen) atoms. The predicted octanol–water partition coefficient (Wildman–Crippen LogP) is 0.999. The zero-order valence-electron chi connectivity index (χ0n) is 11.6. The minimum atomic E-state index is -2.56. The van der Waals surface area contributed by atoms with Gasteiger partial charge in [-0.05, 0) is 13.4 Å². The molecule has 0 saturated carbocycles. The van der Waals surface area contributed by atoms with Gasteiger partial charge in [0.05, 0.1) is 7.11 Å². The Morgan fingerprint density at radius 3 is 3.25 bits per heavy atom. The molecular formula is C8H14BrNO2. The van der Waals surface area contributed by atoms with Crippen LogP contribution in [0.4, 0.5) is 0 Å². The average Bonchev–Trinajstić information content (AvgIpc) is 2.14. The number of methoxy groups -OCH3 is 1. The van der Waals surface area contributed by atoms with Gasteiger partial charge in [0.25, 0.3) is 0 Å². The minimum Gasteiger partial charge on any atom is -0.466 e. The molecule has 3 nitrogen and oxygen atoms in total. The third kappa shape index (κ3) is 2.95. The van der Waals surface area contributed by atoms with Crippen molar-refractivity contribution in [2.24, 2.45) is 0 Å². The van der Waals surface area contributed by atoms with E-state index in [1.54, 1.807) is 0 Å². The maximum absolute atomic E-state index is 11.3. The fraction of sp³-hybridized carbons (Fsp3) is 0.625. The van der Waals surface area contributed by atoms with E-state index >= 15 is 0 Å². The van der Waals surface area contributed by atoms with Crippen LogP contribution in [-0.4, -0.2) is 38.0 Å². The summed E-state index contributed by atoms with van der Waals surface area (Å²) in [6.45, 7) is -4.98. The number of carbonyl (C=O) groups is 1. The Labute approximate surface area is 90.2 Å². The maximum Gasteiger partial charge on any atom is 0.334 e. The summed E-state index contributed by atoms with van der Waals surface area (Å²) in [7, 11) is 1.17. The Morgan fingerprint density at radius 2 is 2.67 bits per heavy atom. The van der Waals surface area contributed by atoms with Crippen LogP contribution in [0.5, 0.6) is 0 Å². The molecule has 2 atom stereocenters. The van der Waals surface area contributed by atoms with Crippen molar-refractivity contribution in [1.82, 2.24) is 4.90 Å².